The summed E-state index contributed by atoms with van der Waals surface area (Å²) < 4.78 is 6.96. The van der Waals surface area contributed by atoms with Crippen LogP contribution in [0.15, 0.2) is 58.3 Å². The van der Waals surface area contributed by atoms with Crippen molar-refractivity contribution in [3.63, 3.8) is 0 Å². The molecule has 0 radical (unpaired) electrons. The number of piperidine rings is 1. The molecule has 36 heavy (non-hydrogen) atoms. The van der Waals surface area contributed by atoms with Crippen LogP contribution in [0.2, 0.25) is 0 Å². The van der Waals surface area contributed by atoms with Crippen molar-refractivity contribution in [1.82, 2.24) is 15.0 Å². The summed E-state index contributed by atoms with van der Waals surface area (Å²) in [6.07, 6.45) is 10.6. The maximum absolute atomic E-state index is 5.78. The van der Waals surface area contributed by atoms with Gasteiger partial charge in [-0.1, -0.05) is 42.1 Å². The Labute approximate surface area is 219 Å². The van der Waals surface area contributed by atoms with Gasteiger partial charge < -0.3 is 9.32 Å². The van der Waals surface area contributed by atoms with Gasteiger partial charge in [-0.2, -0.15) is 0 Å². The van der Waals surface area contributed by atoms with E-state index in [0.29, 0.717) is 0 Å². The number of benzene rings is 1. The van der Waals surface area contributed by atoms with Gasteiger partial charge in [-0.05, 0) is 79.5 Å². The van der Waals surface area contributed by atoms with Crippen LogP contribution in [0.4, 0.5) is 5.82 Å². The van der Waals surface area contributed by atoms with Crippen molar-refractivity contribution in [2.24, 2.45) is 5.92 Å². The van der Waals surface area contributed by atoms with E-state index in [-0.39, 0.29) is 0 Å². The van der Waals surface area contributed by atoms with E-state index >= 15 is 0 Å². The standard InChI is InChI=1S/C29H28N4OS2/c1-35-29-31-25-23-20-9-5-10-21(20)24(22-11-6-16-34-22)30-28(23)36-26(25)27(32-29)33-14-12-19(13-15-33)17-18-7-3-2-4-8-18/h2-4,6-8,11,16,19H,5,9-10,12-15,17H2,1H3. The molecule has 1 saturated heterocycles. The average Bonchev–Trinajstić information content (AvgIpc) is 3.68. The lowest BCUT2D eigenvalue weighted by atomic mass is 9.90. The van der Waals surface area contributed by atoms with Crippen LogP contribution in [0.5, 0.6) is 0 Å². The first-order valence-corrected chi connectivity index (χ1v) is 14.9. The molecular formula is C29H28N4OS2. The quantitative estimate of drug-likeness (QED) is 0.184. The second kappa shape index (κ2) is 9.20. The third-order valence-electron chi connectivity index (χ3n) is 7.71. The SMILES string of the molecule is CSc1nc(N2CCC(Cc3ccccc3)CC2)c2sc3nc(-c4ccco4)c4c(c3c2n1)CCC4. The lowest BCUT2D eigenvalue weighted by Crippen LogP contribution is -2.35. The molecule has 2 aliphatic rings. The molecule has 1 aliphatic heterocycles. The van der Waals surface area contributed by atoms with Gasteiger partial charge in [0.1, 0.15) is 10.5 Å². The largest absolute Gasteiger partial charge is 0.463 e. The zero-order valence-corrected chi connectivity index (χ0v) is 22.0. The van der Waals surface area contributed by atoms with Crippen LogP contribution in [0.25, 0.3) is 31.9 Å². The number of pyridine rings is 1. The molecular weight excluding hydrogens is 484 g/mol. The lowest BCUT2D eigenvalue weighted by molar-refractivity contribution is 0.402. The van der Waals surface area contributed by atoms with Crippen molar-refractivity contribution >= 4 is 49.3 Å². The number of fused-ring (bicyclic) bond motifs is 5. The molecule has 0 amide bonds. The Bertz CT molecular complexity index is 1540. The Morgan fingerprint density at radius 3 is 2.61 bits per heavy atom. The zero-order chi connectivity index (χ0) is 24.1. The molecule has 0 bridgehead atoms. The van der Waals surface area contributed by atoms with E-state index in [0.717, 1.165) is 71.0 Å². The minimum absolute atomic E-state index is 0.726. The molecule has 0 saturated carbocycles. The van der Waals surface area contributed by atoms with Crippen LogP contribution in [-0.2, 0) is 19.3 Å². The fourth-order valence-corrected chi connectivity index (χ4v) is 7.47. The van der Waals surface area contributed by atoms with Crippen LogP contribution in [0.1, 0.15) is 36.0 Å². The van der Waals surface area contributed by atoms with E-state index in [9.17, 15) is 0 Å². The summed E-state index contributed by atoms with van der Waals surface area (Å²) in [6, 6.07) is 14.9. The predicted octanol–water partition coefficient (Wildman–Crippen LogP) is 7.17. The van der Waals surface area contributed by atoms with Gasteiger partial charge in [-0.3, -0.25) is 0 Å². The monoisotopic (exact) mass is 512 g/mol. The summed E-state index contributed by atoms with van der Waals surface area (Å²) >= 11 is 3.38. The Hall–Kier alpha value is -2.90. The molecule has 4 aromatic heterocycles. The Kier molecular flexibility index (Phi) is 5.70. The van der Waals surface area contributed by atoms with E-state index in [1.165, 1.54) is 46.0 Å². The molecule has 0 unspecified atom stereocenters. The second-order valence-electron chi connectivity index (χ2n) is 9.86. The van der Waals surface area contributed by atoms with E-state index in [2.05, 4.69) is 41.5 Å². The highest BCUT2D eigenvalue weighted by Crippen LogP contribution is 2.45. The van der Waals surface area contributed by atoms with Crippen molar-refractivity contribution < 1.29 is 4.42 Å². The van der Waals surface area contributed by atoms with E-state index < -0.39 is 0 Å². The Morgan fingerprint density at radius 1 is 1.00 bits per heavy atom. The first kappa shape index (κ1) is 22.3. The van der Waals surface area contributed by atoms with Gasteiger partial charge in [0, 0.05) is 18.5 Å². The molecule has 0 spiro atoms. The molecule has 1 fully saturated rings. The first-order valence-electron chi connectivity index (χ1n) is 12.8. The maximum Gasteiger partial charge on any atom is 0.189 e. The minimum Gasteiger partial charge on any atom is -0.463 e. The van der Waals surface area contributed by atoms with Gasteiger partial charge in [-0.25, -0.2) is 15.0 Å². The summed E-state index contributed by atoms with van der Waals surface area (Å²) in [7, 11) is 0. The van der Waals surface area contributed by atoms with E-state index in [4.69, 9.17) is 19.4 Å². The first-order chi connectivity index (χ1) is 17.8. The highest BCUT2D eigenvalue weighted by Gasteiger charge is 2.28. The molecule has 1 aliphatic carbocycles. The minimum atomic E-state index is 0.726. The number of thioether (sulfide) groups is 1. The van der Waals surface area contributed by atoms with Crippen molar-refractivity contribution in [1.29, 1.82) is 0 Å². The molecule has 5 heterocycles. The van der Waals surface area contributed by atoms with Gasteiger partial charge in [-0.15, -0.1) is 11.3 Å². The van der Waals surface area contributed by atoms with Crippen LogP contribution in [0, 0.1) is 5.92 Å². The topological polar surface area (TPSA) is 55.1 Å². The lowest BCUT2D eigenvalue weighted by Gasteiger charge is -2.33. The van der Waals surface area contributed by atoms with Gasteiger partial charge in [0.05, 0.1) is 16.5 Å². The van der Waals surface area contributed by atoms with Crippen molar-refractivity contribution in [3.8, 4) is 11.5 Å². The fourth-order valence-electron chi connectivity index (χ4n) is 5.95. The Balaban J connectivity index is 1.29. The molecule has 0 atom stereocenters. The number of hydrogen-bond acceptors (Lipinski definition) is 7. The molecule has 7 rings (SSSR count). The Morgan fingerprint density at radius 2 is 1.83 bits per heavy atom. The third kappa shape index (κ3) is 3.80. The third-order valence-corrected chi connectivity index (χ3v) is 9.33. The number of thiophene rings is 1. The summed E-state index contributed by atoms with van der Waals surface area (Å²) in [5.74, 6) is 2.69. The number of nitrogens with zero attached hydrogens (tertiary/aromatic N) is 4. The van der Waals surface area contributed by atoms with Gasteiger partial charge in [0.15, 0.2) is 16.7 Å². The number of rotatable bonds is 5. The average molecular weight is 513 g/mol. The molecule has 7 heteroatoms. The van der Waals surface area contributed by atoms with Crippen LogP contribution in [0.3, 0.4) is 0 Å². The van der Waals surface area contributed by atoms with Gasteiger partial charge in [0.25, 0.3) is 0 Å². The zero-order valence-electron chi connectivity index (χ0n) is 20.4. The fraction of sp³-hybridized carbons (Fsp3) is 0.345. The van der Waals surface area contributed by atoms with Crippen LogP contribution in [-0.4, -0.2) is 34.3 Å². The van der Waals surface area contributed by atoms with Gasteiger partial charge in [0.2, 0.25) is 0 Å². The summed E-state index contributed by atoms with van der Waals surface area (Å²) in [5, 5.41) is 2.10. The van der Waals surface area contributed by atoms with Gasteiger partial charge >= 0.3 is 0 Å². The highest BCUT2D eigenvalue weighted by molar-refractivity contribution is 7.98. The molecule has 1 aromatic carbocycles. The maximum atomic E-state index is 5.78. The van der Waals surface area contributed by atoms with E-state index in [1.54, 1.807) is 29.4 Å². The van der Waals surface area contributed by atoms with Crippen molar-refractivity contribution in [3.05, 3.63) is 65.4 Å². The number of hydrogen-bond donors (Lipinski definition) is 0. The summed E-state index contributed by atoms with van der Waals surface area (Å²) in [5.41, 5.74) is 6.29. The second-order valence-corrected chi connectivity index (χ2v) is 11.6. The normalized spacial score (nSPS) is 16.3. The number of aromatic nitrogens is 3. The van der Waals surface area contributed by atoms with Crippen LogP contribution >= 0.6 is 23.1 Å². The summed E-state index contributed by atoms with van der Waals surface area (Å²) in [4.78, 5) is 18.8. The summed E-state index contributed by atoms with van der Waals surface area (Å²) in [6.45, 7) is 2.07. The molecule has 5 nitrogen and oxygen atoms in total. The predicted molar refractivity (Wildman–Crippen MR) is 149 cm³/mol. The molecule has 0 N–H and O–H groups in total. The smallest absolute Gasteiger partial charge is 0.189 e. The molecule has 182 valence electrons. The molecule has 5 aromatic rings. The number of aryl methyl sites for hydroxylation is 1. The van der Waals surface area contributed by atoms with E-state index in [1.807, 2.05) is 12.1 Å². The highest BCUT2D eigenvalue weighted by atomic mass is 32.2. The van der Waals surface area contributed by atoms with Crippen molar-refractivity contribution in [2.45, 2.75) is 43.7 Å². The number of furan rings is 1. The number of anilines is 1. The van der Waals surface area contributed by atoms with Crippen LogP contribution < -0.4 is 4.90 Å². The van der Waals surface area contributed by atoms with Crippen molar-refractivity contribution in [2.75, 3.05) is 24.2 Å².